The minimum absolute atomic E-state index is 0.0908. The molecule has 0 bridgehead atoms. The summed E-state index contributed by atoms with van der Waals surface area (Å²) in [5.41, 5.74) is 1.21. The molecule has 0 heterocycles. The van der Waals surface area contributed by atoms with Crippen molar-refractivity contribution in [3.8, 4) is 6.07 Å². The van der Waals surface area contributed by atoms with Gasteiger partial charge in [0.25, 0.3) is 0 Å². The monoisotopic (exact) mass is 212 g/mol. The number of nitrogens with one attached hydrogen (secondary N) is 1. The molecule has 0 saturated carbocycles. The maximum absolute atomic E-state index is 10.3. The largest absolute Gasteiger partial charge is 0.386 e. The average Bonchev–Trinajstić information content (AvgIpc) is 2.35. The van der Waals surface area contributed by atoms with Crippen molar-refractivity contribution in [1.82, 2.24) is 5.32 Å². The summed E-state index contributed by atoms with van der Waals surface area (Å²) in [4.78, 5) is 10.3. The number of nitrogens with zero attached hydrogens (tertiary/aromatic N) is 1. The van der Waals surface area contributed by atoms with Crippen LogP contribution < -0.4 is 5.32 Å². The van der Waals surface area contributed by atoms with Gasteiger partial charge in [0.05, 0.1) is 0 Å². The lowest BCUT2D eigenvalue weighted by atomic mass is 10.2. The molecule has 16 heavy (non-hydrogen) atoms. The lowest BCUT2D eigenvalue weighted by Gasteiger charge is -1.94. The first-order chi connectivity index (χ1) is 7.86. The van der Waals surface area contributed by atoms with Crippen LogP contribution in [0.1, 0.15) is 5.56 Å². The molecule has 0 atom stereocenters. The van der Waals surface area contributed by atoms with E-state index in [0.717, 1.165) is 5.56 Å². The summed E-state index contributed by atoms with van der Waals surface area (Å²) < 4.78 is 0. The molecule has 0 aromatic heterocycles. The molecule has 80 valence electrons. The molecule has 1 aromatic carbocycles. The minimum atomic E-state index is 0.0908. The number of allylic oxidation sites excluding steroid dienone is 1. The van der Waals surface area contributed by atoms with E-state index >= 15 is 0 Å². The Hall–Kier alpha value is -2.34. The summed E-state index contributed by atoms with van der Waals surface area (Å²) >= 11 is 0. The molecule has 3 heteroatoms. The van der Waals surface area contributed by atoms with E-state index in [1.54, 1.807) is 6.07 Å². The van der Waals surface area contributed by atoms with Crippen LogP contribution in [0.2, 0.25) is 0 Å². The third-order valence-corrected chi connectivity index (χ3v) is 1.86. The minimum Gasteiger partial charge on any atom is -0.386 e. The Morgan fingerprint density at radius 3 is 2.75 bits per heavy atom. The van der Waals surface area contributed by atoms with E-state index in [2.05, 4.69) is 5.32 Å². The van der Waals surface area contributed by atoms with E-state index in [0.29, 0.717) is 12.8 Å². The van der Waals surface area contributed by atoms with Gasteiger partial charge in [0.15, 0.2) is 6.29 Å². The van der Waals surface area contributed by atoms with Crippen LogP contribution in [0.4, 0.5) is 0 Å². The van der Waals surface area contributed by atoms with Gasteiger partial charge in [-0.2, -0.15) is 5.26 Å². The molecule has 0 aliphatic heterocycles. The predicted molar refractivity (Wildman–Crippen MR) is 63.2 cm³/mol. The topological polar surface area (TPSA) is 52.9 Å². The fourth-order valence-electron chi connectivity index (χ4n) is 1.09. The van der Waals surface area contributed by atoms with Crippen LogP contribution in [-0.2, 0) is 4.79 Å². The fourth-order valence-corrected chi connectivity index (χ4v) is 1.09. The summed E-state index contributed by atoms with van der Waals surface area (Å²) in [5, 5.41) is 11.3. The van der Waals surface area contributed by atoms with Gasteiger partial charge in [-0.25, -0.2) is 0 Å². The summed E-state index contributed by atoms with van der Waals surface area (Å²) in [6, 6.07) is 11.7. The van der Waals surface area contributed by atoms with Gasteiger partial charge in [-0.3, -0.25) is 4.79 Å². The molecule has 1 N–H and O–H groups in total. The SMILES string of the molecule is N#C/C(C=O)=C\NC/C=C/c1ccccc1. The van der Waals surface area contributed by atoms with Crippen molar-refractivity contribution < 1.29 is 4.79 Å². The third kappa shape index (κ3) is 4.25. The zero-order valence-electron chi connectivity index (χ0n) is 8.76. The molecule has 3 nitrogen and oxygen atoms in total. The van der Waals surface area contributed by atoms with Gasteiger partial charge in [0.2, 0.25) is 0 Å². The van der Waals surface area contributed by atoms with Crippen LogP contribution >= 0.6 is 0 Å². The zero-order valence-corrected chi connectivity index (χ0v) is 8.76. The van der Waals surface area contributed by atoms with E-state index in [9.17, 15) is 4.79 Å². The molecule has 0 amide bonds. The molecular weight excluding hydrogens is 200 g/mol. The number of carbonyl (C=O) groups excluding carboxylic acids is 1. The maximum Gasteiger partial charge on any atom is 0.162 e. The first-order valence-electron chi connectivity index (χ1n) is 4.87. The molecule has 0 aliphatic rings. The second-order valence-corrected chi connectivity index (χ2v) is 3.05. The Morgan fingerprint density at radius 1 is 1.38 bits per heavy atom. The van der Waals surface area contributed by atoms with Crippen molar-refractivity contribution in [3.05, 3.63) is 53.7 Å². The fraction of sp³-hybridized carbons (Fsp3) is 0.0769. The Bertz CT molecular complexity index is 427. The summed E-state index contributed by atoms with van der Waals surface area (Å²) in [6.07, 6.45) is 5.82. The molecule has 0 aliphatic carbocycles. The first-order valence-corrected chi connectivity index (χ1v) is 4.87. The summed E-state index contributed by atoms with van der Waals surface area (Å²) in [5.74, 6) is 0. The highest BCUT2D eigenvalue weighted by Gasteiger charge is 1.87. The van der Waals surface area contributed by atoms with E-state index in [1.807, 2.05) is 42.5 Å². The quantitative estimate of drug-likeness (QED) is 0.351. The summed E-state index contributed by atoms with van der Waals surface area (Å²) in [7, 11) is 0. The smallest absolute Gasteiger partial charge is 0.162 e. The lowest BCUT2D eigenvalue weighted by Crippen LogP contribution is -2.05. The zero-order chi connectivity index (χ0) is 11.6. The molecule has 0 radical (unpaired) electrons. The van der Waals surface area contributed by atoms with Crippen LogP contribution in [-0.4, -0.2) is 12.8 Å². The second-order valence-electron chi connectivity index (χ2n) is 3.05. The van der Waals surface area contributed by atoms with Crippen LogP contribution in [0, 0.1) is 11.3 Å². The number of nitriles is 1. The highest BCUT2D eigenvalue weighted by Crippen LogP contribution is 1.99. The highest BCUT2D eigenvalue weighted by molar-refractivity contribution is 5.78. The Morgan fingerprint density at radius 2 is 2.12 bits per heavy atom. The maximum atomic E-state index is 10.3. The number of rotatable bonds is 5. The van der Waals surface area contributed by atoms with Gasteiger partial charge in [-0.05, 0) is 5.56 Å². The van der Waals surface area contributed by atoms with Crippen molar-refractivity contribution in [1.29, 1.82) is 5.26 Å². The van der Waals surface area contributed by atoms with Gasteiger partial charge < -0.3 is 5.32 Å². The third-order valence-electron chi connectivity index (χ3n) is 1.86. The predicted octanol–water partition coefficient (Wildman–Crippen LogP) is 1.90. The van der Waals surface area contributed by atoms with E-state index in [1.165, 1.54) is 6.20 Å². The van der Waals surface area contributed by atoms with Crippen LogP contribution in [0.3, 0.4) is 0 Å². The molecule has 1 rings (SSSR count). The van der Waals surface area contributed by atoms with Crippen molar-refractivity contribution in [3.63, 3.8) is 0 Å². The molecule has 0 unspecified atom stereocenters. The highest BCUT2D eigenvalue weighted by atomic mass is 16.1. The standard InChI is InChI=1S/C13H12N2O/c14-9-13(11-16)10-15-8-4-7-12-5-2-1-3-6-12/h1-7,10-11,15H,8H2/b7-4+,13-10+. The Kier molecular flexibility index (Phi) is 5.15. The van der Waals surface area contributed by atoms with Gasteiger partial charge in [0, 0.05) is 12.7 Å². The van der Waals surface area contributed by atoms with Crippen molar-refractivity contribution in [2.45, 2.75) is 0 Å². The molecule has 0 spiro atoms. The second kappa shape index (κ2) is 7.02. The number of carbonyl (C=O) groups is 1. The average molecular weight is 212 g/mol. The van der Waals surface area contributed by atoms with Crippen LogP contribution in [0.5, 0.6) is 0 Å². The van der Waals surface area contributed by atoms with Gasteiger partial charge in [-0.1, -0.05) is 42.5 Å². The van der Waals surface area contributed by atoms with Gasteiger partial charge >= 0.3 is 0 Å². The summed E-state index contributed by atoms with van der Waals surface area (Å²) in [6.45, 7) is 0.577. The number of hydrogen-bond donors (Lipinski definition) is 1. The van der Waals surface area contributed by atoms with Crippen LogP contribution in [0.15, 0.2) is 48.2 Å². The van der Waals surface area contributed by atoms with E-state index in [4.69, 9.17) is 5.26 Å². The molecule has 1 aromatic rings. The van der Waals surface area contributed by atoms with Crippen molar-refractivity contribution >= 4 is 12.4 Å². The number of hydrogen-bond acceptors (Lipinski definition) is 3. The van der Waals surface area contributed by atoms with Gasteiger partial charge in [0.1, 0.15) is 11.6 Å². The first kappa shape index (κ1) is 11.7. The Balaban J connectivity index is 2.37. The van der Waals surface area contributed by atoms with Gasteiger partial charge in [-0.15, -0.1) is 0 Å². The lowest BCUT2D eigenvalue weighted by molar-refractivity contribution is -0.104. The molecular formula is C13H12N2O. The van der Waals surface area contributed by atoms with E-state index in [-0.39, 0.29) is 5.57 Å². The normalized spacial score (nSPS) is 11.1. The molecule has 0 fully saturated rings. The van der Waals surface area contributed by atoms with E-state index < -0.39 is 0 Å². The number of benzene rings is 1. The van der Waals surface area contributed by atoms with Crippen molar-refractivity contribution in [2.75, 3.05) is 6.54 Å². The Labute approximate surface area is 94.7 Å². The van der Waals surface area contributed by atoms with Crippen molar-refractivity contribution in [2.24, 2.45) is 0 Å². The number of aldehydes is 1. The van der Waals surface area contributed by atoms with Crippen LogP contribution in [0.25, 0.3) is 6.08 Å². The molecule has 0 saturated heterocycles.